The standard InChI is InChI=1S/C12H13F2NO2S/c1-3-9(4-2)15-10-5-7-11(8-6-10)18(16,17)12(13)14/h1,5-9,12,15H,4H2,2H3. The van der Waals surface area contributed by atoms with Crippen LogP contribution in [0.15, 0.2) is 29.2 Å². The molecule has 0 aliphatic heterocycles. The molecule has 0 heterocycles. The minimum Gasteiger partial charge on any atom is -0.372 e. The highest BCUT2D eigenvalue weighted by Gasteiger charge is 2.26. The number of halogens is 2. The highest BCUT2D eigenvalue weighted by molar-refractivity contribution is 7.91. The van der Waals surface area contributed by atoms with Crippen LogP contribution in [0.3, 0.4) is 0 Å². The molecular weight excluding hydrogens is 260 g/mol. The lowest BCUT2D eigenvalue weighted by atomic mass is 10.2. The molecule has 3 nitrogen and oxygen atoms in total. The van der Waals surface area contributed by atoms with Crippen molar-refractivity contribution in [1.82, 2.24) is 0 Å². The zero-order valence-electron chi connectivity index (χ0n) is 9.73. The predicted molar refractivity (Wildman–Crippen MR) is 66.2 cm³/mol. The van der Waals surface area contributed by atoms with E-state index in [1.54, 1.807) is 0 Å². The predicted octanol–water partition coefficient (Wildman–Crippen LogP) is 2.51. The summed E-state index contributed by atoms with van der Waals surface area (Å²) >= 11 is 0. The topological polar surface area (TPSA) is 46.2 Å². The molecule has 18 heavy (non-hydrogen) atoms. The van der Waals surface area contributed by atoms with Gasteiger partial charge in [0, 0.05) is 5.69 Å². The lowest BCUT2D eigenvalue weighted by Crippen LogP contribution is -2.16. The maximum Gasteiger partial charge on any atom is 0.341 e. The number of hydrogen-bond donors (Lipinski definition) is 1. The first-order valence-electron chi connectivity index (χ1n) is 5.26. The summed E-state index contributed by atoms with van der Waals surface area (Å²) in [7, 11) is -4.53. The van der Waals surface area contributed by atoms with Gasteiger partial charge in [-0.1, -0.05) is 12.8 Å². The fraction of sp³-hybridized carbons (Fsp3) is 0.333. The molecule has 98 valence electrons. The Balaban J connectivity index is 2.91. The molecule has 0 spiro atoms. The molecule has 1 rings (SSSR count). The second kappa shape index (κ2) is 5.83. The van der Waals surface area contributed by atoms with Crippen LogP contribution in [0.25, 0.3) is 0 Å². The summed E-state index contributed by atoms with van der Waals surface area (Å²) in [6.07, 6.45) is 5.96. The zero-order valence-corrected chi connectivity index (χ0v) is 10.5. The lowest BCUT2D eigenvalue weighted by Gasteiger charge is -2.12. The normalized spacial score (nSPS) is 13.1. The van der Waals surface area contributed by atoms with E-state index in [1.165, 1.54) is 12.1 Å². The SMILES string of the molecule is C#CC(CC)Nc1ccc(S(=O)(=O)C(F)F)cc1. The molecule has 0 bridgehead atoms. The summed E-state index contributed by atoms with van der Waals surface area (Å²) in [6.45, 7) is 1.90. The van der Waals surface area contributed by atoms with Gasteiger partial charge in [0.25, 0.3) is 0 Å². The van der Waals surface area contributed by atoms with Crippen molar-refractivity contribution in [1.29, 1.82) is 0 Å². The van der Waals surface area contributed by atoms with Crippen LogP contribution in [0.4, 0.5) is 14.5 Å². The molecule has 0 aromatic heterocycles. The minimum absolute atomic E-state index is 0.178. The highest BCUT2D eigenvalue weighted by atomic mass is 32.2. The van der Waals surface area contributed by atoms with Crippen LogP contribution < -0.4 is 5.32 Å². The van der Waals surface area contributed by atoms with Crippen LogP contribution in [0.5, 0.6) is 0 Å². The molecule has 0 aliphatic carbocycles. The fourth-order valence-corrected chi connectivity index (χ4v) is 2.03. The van der Waals surface area contributed by atoms with Crippen molar-refractivity contribution in [2.75, 3.05) is 5.32 Å². The van der Waals surface area contributed by atoms with E-state index in [0.717, 1.165) is 12.1 Å². The van der Waals surface area contributed by atoms with E-state index in [-0.39, 0.29) is 6.04 Å². The van der Waals surface area contributed by atoms with Crippen molar-refractivity contribution in [3.8, 4) is 12.3 Å². The zero-order chi connectivity index (χ0) is 13.8. The number of hydrogen-bond acceptors (Lipinski definition) is 3. The molecule has 0 radical (unpaired) electrons. The molecule has 0 fully saturated rings. The van der Waals surface area contributed by atoms with Gasteiger partial charge < -0.3 is 5.32 Å². The minimum atomic E-state index is -4.53. The van der Waals surface area contributed by atoms with Crippen molar-refractivity contribution in [3.05, 3.63) is 24.3 Å². The Kier molecular flexibility index (Phi) is 4.68. The van der Waals surface area contributed by atoms with Crippen LogP contribution in [0.1, 0.15) is 13.3 Å². The third kappa shape index (κ3) is 3.20. The summed E-state index contributed by atoms with van der Waals surface area (Å²) < 4.78 is 46.9. The highest BCUT2D eigenvalue weighted by Crippen LogP contribution is 2.20. The maximum absolute atomic E-state index is 12.3. The van der Waals surface area contributed by atoms with Gasteiger partial charge >= 0.3 is 5.76 Å². The summed E-state index contributed by atoms with van der Waals surface area (Å²) in [5.74, 6) is -0.898. The van der Waals surface area contributed by atoms with Crippen LogP contribution >= 0.6 is 0 Å². The van der Waals surface area contributed by atoms with Crippen LogP contribution in [-0.2, 0) is 9.84 Å². The van der Waals surface area contributed by atoms with Crippen molar-refractivity contribution < 1.29 is 17.2 Å². The van der Waals surface area contributed by atoms with Gasteiger partial charge in [0.2, 0.25) is 9.84 Å². The molecule has 0 saturated heterocycles. The largest absolute Gasteiger partial charge is 0.372 e. The Labute approximate surface area is 105 Å². The number of anilines is 1. The first-order chi connectivity index (χ1) is 8.41. The third-order valence-electron chi connectivity index (χ3n) is 2.37. The van der Waals surface area contributed by atoms with E-state index in [4.69, 9.17) is 6.42 Å². The summed E-state index contributed by atoms with van der Waals surface area (Å²) in [4.78, 5) is -0.406. The number of benzene rings is 1. The Bertz CT molecular complexity index is 532. The quantitative estimate of drug-likeness (QED) is 0.838. The smallest absolute Gasteiger partial charge is 0.341 e. The van der Waals surface area contributed by atoms with Gasteiger partial charge in [0.15, 0.2) is 0 Å². The Hall–Kier alpha value is -1.61. The number of rotatable bonds is 5. The van der Waals surface area contributed by atoms with E-state index in [2.05, 4.69) is 11.2 Å². The van der Waals surface area contributed by atoms with Gasteiger partial charge in [-0.15, -0.1) is 6.42 Å². The molecule has 6 heteroatoms. The summed E-state index contributed by atoms with van der Waals surface area (Å²) in [6, 6.07) is 4.91. The van der Waals surface area contributed by atoms with Gasteiger partial charge in [-0.05, 0) is 30.7 Å². The van der Waals surface area contributed by atoms with Crippen molar-refractivity contribution in [3.63, 3.8) is 0 Å². The van der Waals surface area contributed by atoms with Crippen molar-refractivity contribution in [2.24, 2.45) is 0 Å². The molecule has 1 aromatic carbocycles. The van der Waals surface area contributed by atoms with E-state index >= 15 is 0 Å². The van der Waals surface area contributed by atoms with Crippen molar-refractivity contribution in [2.45, 2.75) is 30.0 Å². The maximum atomic E-state index is 12.3. The van der Waals surface area contributed by atoms with Gasteiger partial charge in [0.1, 0.15) is 0 Å². The first kappa shape index (κ1) is 14.5. The van der Waals surface area contributed by atoms with Gasteiger partial charge in [-0.2, -0.15) is 8.78 Å². The summed E-state index contributed by atoms with van der Waals surface area (Å²) in [5.41, 5.74) is 0.591. The Morgan fingerprint density at radius 2 is 1.89 bits per heavy atom. The number of alkyl halides is 2. The first-order valence-corrected chi connectivity index (χ1v) is 6.81. The van der Waals surface area contributed by atoms with E-state index in [1.807, 2.05) is 6.92 Å². The fourth-order valence-electron chi connectivity index (χ4n) is 1.31. The van der Waals surface area contributed by atoms with Crippen LogP contribution in [0, 0.1) is 12.3 Å². The van der Waals surface area contributed by atoms with E-state index < -0.39 is 20.5 Å². The number of nitrogens with one attached hydrogen (secondary N) is 1. The van der Waals surface area contributed by atoms with Gasteiger partial charge in [-0.3, -0.25) is 0 Å². The van der Waals surface area contributed by atoms with Crippen LogP contribution in [0.2, 0.25) is 0 Å². The second-order valence-electron chi connectivity index (χ2n) is 3.60. The molecule has 1 aromatic rings. The molecule has 1 N–H and O–H groups in total. The molecule has 0 amide bonds. The number of terminal acetylenes is 1. The van der Waals surface area contributed by atoms with Crippen LogP contribution in [-0.4, -0.2) is 20.2 Å². The molecule has 1 unspecified atom stereocenters. The molecular formula is C12H13F2NO2S. The van der Waals surface area contributed by atoms with E-state index in [9.17, 15) is 17.2 Å². The molecule has 1 atom stereocenters. The molecule has 0 aliphatic rings. The number of sulfone groups is 1. The lowest BCUT2D eigenvalue weighted by molar-refractivity contribution is 0.234. The monoisotopic (exact) mass is 273 g/mol. The van der Waals surface area contributed by atoms with Crippen molar-refractivity contribution >= 4 is 15.5 Å². The van der Waals surface area contributed by atoms with Gasteiger partial charge in [-0.25, -0.2) is 8.42 Å². The second-order valence-corrected chi connectivity index (χ2v) is 5.52. The average molecular weight is 273 g/mol. The Morgan fingerprint density at radius 3 is 2.28 bits per heavy atom. The average Bonchev–Trinajstić information content (AvgIpc) is 2.36. The van der Waals surface area contributed by atoms with Gasteiger partial charge in [0.05, 0.1) is 10.9 Å². The molecule has 0 saturated carbocycles. The van der Waals surface area contributed by atoms with E-state index in [0.29, 0.717) is 12.1 Å². The third-order valence-corrected chi connectivity index (χ3v) is 3.77. The Morgan fingerprint density at radius 1 is 1.33 bits per heavy atom. The summed E-state index contributed by atoms with van der Waals surface area (Å²) in [5, 5.41) is 2.97.